The van der Waals surface area contributed by atoms with E-state index < -0.39 is 17.9 Å². The quantitative estimate of drug-likeness (QED) is 0.389. The summed E-state index contributed by atoms with van der Waals surface area (Å²) in [6.07, 6.45) is 4.02. The fourth-order valence-corrected chi connectivity index (χ4v) is 5.00. The predicted molar refractivity (Wildman–Crippen MR) is 135 cm³/mol. The number of aromatic nitrogens is 1. The minimum absolute atomic E-state index is 0.0822. The zero-order valence-electron chi connectivity index (χ0n) is 19.4. The fraction of sp³-hybridized carbons (Fsp3) is 0.480. The number of rotatable bonds is 11. The summed E-state index contributed by atoms with van der Waals surface area (Å²) in [7, 11) is 0. The van der Waals surface area contributed by atoms with Gasteiger partial charge in [0.05, 0.1) is 22.2 Å². The van der Waals surface area contributed by atoms with E-state index in [1.807, 2.05) is 4.90 Å². The Bertz CT molecular complexity index is 1040. The summed E-state index contributed by atoms with van der Waals surface area (Å²) in [5.74, 6) is -0.330. The van der Waals surface area contributed by atoms with E-state index in [0.29, 0.717) is 19.1 Å². The molecule has 2 aliphatic heterocycles. The highest BCUT2D eigenvalue weighted by atomic mass is 35.5. The number of carbonyl (C=O) groups excluding carboxylic acids is 1. The number of hydrogen-bond donors (Lipinski definition) is 3. The van der Waals surface area contributed by atoms with Gasteiger partial charge in [0.1, 0.15) is 11.9 Å². The van der Waals surface area contributed by atoms with Crippen LogP contribution in [0, 0.1) is 5.92 Å². The lowest BCUT2D eigenvalue weighted by atomic mass is 10.0. The third-order valence-corrected chi connectivity index (χ3v) is 6.92. The lowest BCUT2D eigenvalue weighted by molar-refractivity contribution is -0.140. The van der Waals surface area contributed by atoms with E-state index in [2.05, 4.69) is 22.8 Å². The summed E-state index contributed by atoms with van der Waals surface area (Å²) in [4.78, 5) is 30.9. The van der Waals surface area contributed by atoms with Gasteiger partial charge < -0.3 is 20.5 Å². The first-order chi connectivity index (χ1) is 16.9. The van der Waals surface area contributed by atoms with Crippen molar-refractivity contribution in [1.29, 1.82) is 0 Å². The molecule has 2 aromatic rings. The molecule has 1 saturated heterocycles. The number of nitrogens with one attached hydrogen (secondary N) is 2. The van der Waals surface area contributed by atoms with Crippen LogP contribution in [0.4, 0.5) is 5.82 Å². The predicted octanol–water partition coefficient (Wildman–Crippen LogP) is 3.51. The van der Waals surface area contributed by atoms with Crippen LogP contribution in [-0.4, -0.2) is 72.3 Å². The Kier molecular flexibility index (Phi) is 8.83. The molecular formula is C25H30Cl2N4O4. The molecule has 2 aliphatic rings. The van der Waals surface area contributed by atoms with Crippen molar-refractivity contribution in [2.24, 2.45) is 5.92 Å². The second kappa shape index (κ2) is 12.0. The third kappa shape index (κ3) is 6.85. The molecule has 35 heavy (non-hydrogen) atoms. The van der Waals surface area contributed by atoms with Crippen molar-refractivity contribution in [3.8, 4) is 0 Å². The normalized spacial score (nSPS) is 16.6. The molecule has 8 nitrogen and oxygen atoms in total. The van der Waals surface area contributed by atoms with E-state index in [1.54, 1.807) is 18.2 Å². The van der Waals surface area contributed by atoms with Crippen molar-refractivity contribution in [2.45, 2.75) is 31.7 Å². The molecule has 0 aliphatic carbocycles. The van der Waals surface area contributed by atoms with Crippen LogP contribution in [0.5, 0.6) is 0 Å². The van der Waals surface area contributed by atoms with Gasteiger partial charge in [0, 0.05) is 44.4 Å². The minimum atomic E-state index is -1.10. The topological polar surface area (TPSA) is 104 Å². The Hall–Kier alpha value is -2.39. The Labute approximate surface area is 215 Å². The minimum Gasteiger partial charge on any atom is -0.480 e. The molecule has 10 heteroatoms. The van der Waals surface area contributed by atoms with E-state index >= 15 is 0 Å². The van der Waals surface area contributed by atoms with Crippen molar-refractivity contribution in [3.63, 3.8) is 0 Å². The fourth-order valence-electron chi connectivity index (χ4n) is 4.43. The smallest absolute Gasteiger partial charge is 0.327 e. The summed E-state index contributed by atoms with van der Waals surface area (Å²) in [5.41, 5.74) is 2.46. The van der Waals surface area contributed by atoms with Gasteiger partial charge in [-0.3, -0.25) is 9.69 Å². The Balaban J connectivity index is 1.14. The van der Waals surface area contributed by atoms with Gasteiger partial charge in [0.25, 0.3) is 5.91 Å². The van der Waals surface area contributed by atoms with Gasteiger partial charge in [-0.1, -0.05) is 35.3 Å². The standard InChI is InChI=1S/C25H30Cl2N4O4/c26-19-6-1-7-20(27)22(19)24(32)30-21(25(33)34)14-31-12-16(13-31)15-35-11-3-5-18-9-8-17-4-2-10-28-23(17)29-18/h1,6-9,16,21H,2-5,10-15H2,(H,28,29)(H,30,32)(H,33,34)/t21-/m0/s1. The number of aryl methyl sites for hydroxylation is 2. The second-order valence-electron chi connectivity index (χ2n) is 9.06. The first-order valence-electron chi connectivity index (χ1n) is 11.9. The Morgan fingerprint density at radius 2 is 2.00 bits per heavy atom. The molecule has 1 fully saturated rings. The molecule has 0 bridgehead atoms. The summed E-state index contributed by atoms with van der Waals surface area (Å²) in [5, 5.41) is 15.8. The molecule has 3 N–H and O–H groups in total. The van der Waals surface area contributed by atoms with Crippen molar-refractivity contribution in [2.75, 3.05) is 44.7 Å². The van der Waals surface area contributed by atoms with E-state index in [4.69, 9.17) is 32.9 Å². The van der Waals surface area contributed by atoms with Crippen LogP contribution in [-0.2, 0) is 22.4 Å². The molecular weight excluding hydrogens is 491 g/mol. The molecule has 0 saturated carbocycles. The number of ether oxygens (including phenoxy) is 1. The molecule has 1 aromatic carbocycles. The number of amides is 1. The summed E-state index contributed by atoms with van der Waals surface area (Å²) < 4.78 is 5.84. The molecule has 1 atom stereocenters. The number of nitrogens with zero attached hydrogens (tertiary/aromatic N) is 2. The second-order valence-corrected chi connectivity index (χ2v) is 9.88. The van der Waals surface area contributed by atoms with Crippen molar-refractivity contribution >= 4 is 40.9 Å². The average Bonchev–Trinajstić information content (AvgIpc) is 2.81. The third-order valence-electron chi connectivity index (χ3n) is 6.29. The monoisotopic (exact) mass is 520 g/mol. The SMILES string of the molecule is O=C(N[C@@H](CN1CC(COCCCc2ccc3c(n2)NCCC3)C1)C(=O)O)c1c(Cl)cccc1Cl. The Morgan fingerprint density at radius 1 is 1.23 bits per heavy atom. The molecule has 1 aromatic heterocycles. The first kappa shape index (κ1) is 25.7. The van der Waals surface area contributed by atoms with Crippen LogP contribution < -0.4 is 10.6 Å². The maximum Gasteiger partial charge on any atom is 0.327 e. The van der Waals surface area contributed by atoms with Gasteiger partial charge in [-0.25, -0.2) is 9.78 Å². The van der Waals surface area contributed by atoms with Gasteiger partial charge in [-0.2, -0.15) is 0 Å². The van der Waals surface area contributed by atoms with Gasteiger partial charge >= 0.3 is 5.97 Å². The van der Waals surface area contributed by atoms with E-state index in [-0.39, 0.29) is 22.2 Å². The molecule has 188 valence electrons. The number of benzene rings is 1. The number of carbonyl (C=O) groups is 2. The van der Waals surface area contributed by atoms with Gasteiger partial charge in [-0.15, -0.1) is 0 Å². The molecule has 1 amide bonds. The molecule has 4 rings (SSSR count). The average molecular weight is 521 g/mol. The number of anilines is 1. The molecule has 0 spiro atoms. The Morgan fingerprint density at radius 3 is 2.74 bits per heavy atom. The molecule has 0 radical (unpaired) electrons. The van der Waals surface area contributed by atoms with Crippen molar-refractivity contribution < 1.29 is 19.4 Å². The molecule has 3 heterocycles. The largest absolute Gasteiger partial charge is 0.480 e. The van der Waals surface area contributed by atoms with E-state index in [0.717, 1.165) is 56.8 Å². The highest BCUT2D eigenvalue weighted by Crippen LogP contribution is 2.24. The number of pyridine rings is 1. The van der Waals surface area contributed by atoms with Crippen LogP contribution in [0.1, 0.15) is 34.5 Å². The number of fused-ring (bicyclic) bond motifs is 1. The van der Waals surface area contributed by atoms with Crippen LogP contribution in [0.3, 0.4) is 0 Å². The zero-order valence-corrected chi connectivity index (χ0v) is 20.9. The maximum atomic E-state index is 12.5. The van der Waals surface area contributed by atoms with Crippen LogP contribution >= 0.6 is 23.2 Å². The van der Waals surface area contributed by atoms with E-state index in [1.165, 1.54) is 5.56 Å². The van der Waals surface area contributed by atoms with Gasteiger partial charge in [-0.05, 0) is 49.4 Å². The van der Waals surface area contributed by atoms with Gasteiger partial charge in [0.2, 0.25) is 0 Å². The highest BCUT2D eigenvalue weighted by Gasteiger charge is 2.32. The van der Waals surface area contributed by atoms with Gasteiger partial charge in [0.15, 0.2) is 0 Å². The molecule has 0 unspecified atom stereocenters. The zero-order chi connectivity index (χ0) is 24.8. The van der Waals surface area contributed by atoms with Crippen molar-refractivity contribution in [1.82, 2.24) is 15.2 Å². The van der Waals surface area contributed by atoms with Crippen LogP contribution in [0.2, 0.25) is 10.0 Å². The summed E-state index contributed by atoms with van der Waals surface area (Å²) >= 11 is 12.1. The number of likely N-dealkylation sites (tertiary alicyclic amines) is 1. The van der Waals surface area contributed by atoms with E-state index in [9.17, 15) is 14.7 Å². The number of halogens is 2. The number of carboxylic acid groups (broad SMARTS) is 1. The number of carboxylic acids is 1. The highest BCUT2D eigenvalue weighted by molar-refractivity contribution is 6.39. The lowest BCUT2D eigenvalue weighted by Gasteiger charge is -2.40. The number of aliphatic carboxylic acids is 1. The van der Waals surface area contributed by atoms with Crippen LogP contribution in [0.15, 0.2) is 30.3 Å². The summed E-state index contributed by atoms with van der Waals surface area (Å²) in [6.45, 7) is 3.94. The number of hydrogen-bond acceptors (Lipinski definition) is 6. The maximum absolute atomic E-state index is 12.5. The lowest BCUT2D eigenvalue weighted by Crippen LogP contribution is -2.56. The van der Waals surface area contributed by atoms with Crippen LogP contribution in [0.25, 0.3) is 0 Å². The van der Waals surface area contributed by atoms with Crippen molar-refractivity contribution in [3.05, 3.63) is 57.2 Å². The summed E-state index contributed by atoms with van der Waals surface area (Å²) in [6, 6.07) is 7.92. The first-order valence-corrected chi connectivity index (χ1v) is 12.7.